The fraction of sp³-hybridized carbons (Fsp3) is 0.364. The van der Waals surface area contributed by atoms with Crippen LogP contribution in [0.1, 0.15) is 25.0 Å². The lowest BCUT2D eigenvalue weighted by Gasteiger charge is -2.11. The van der Waals surface area contributed by atoms with E-state index in [-0.39, 0.29) is 6.42 Å². The molecule has 0 spiro atoms. The Labute approximate surface area is 88.3 Å². The average Bonchev–Trinajstić information content (AvgIpc) is 2.27. The van der Waals surface area contributed by atoms with Crippen LogP contribution >= 0.6 is 0 Å². The van der Waals surface area contributed by atoms with E-state index in [1.165, 1.54) is 0 Å². The topological polar surface area (TPSA) is 56.3 Å². The zero-order valence-electron chi connectivity index (χ0n) is 8.55. The van der Waals surface area contributed by atoms with E-state index in [1.54, 1.807) is 31.3 Å². The molecule has 0 fully saturated rings. The fourth-order valence-electron chi connectivity index (χ4n) is 1.26. The summed E-state index contributed by atoms with van der Waals surface area (Å²) in [5, 5.41) is 0. The number of carbonyl (C=O) groups excluding carboxylic acids is 2. The first-order valence-electron chi connectivity index (χ1n) is 4.80. The molecule has 0 N–H and O–H groups in total. The molecule has 0 saturated heterocycles. The van der Waals surface area contributed by atoms with E-state index in [4.69, 9.17) is 4.74 Å². The first-order chi connectivity index (χ1) is 7.29. The molecular weight excluding hydrogens is 194 g/mol. The molecule has 0 amide bonds. The van der Waals surface area contributed by atoms with Crippen LogP contribution in [-0.2, 0) is 14.3 Å². The van der Waals surface area contributed by atoms with Crippen molar-refractivity contribution in [1.29, 1.82) is 0 Å². The van der Waals surface area contributed by atoms with E-state index in [9.17, 15) is 9.59 Å². The maximum absolute atomic E-state index is 11.5. The zero-order chi connectivity index (χ0) is 11.1. The number of aromatic nitrogens is 1. The molecule has 1 aromatic rings. The maximum atomic E-state index is 11.5. The Balaban J connectivity index is 2.82. The van der Waals surface area contributed by atoms with Crippen molar-refractivity contribution in [1.82, 2.24) is 4.98 Å². The smallest absolute Gasteiger partial charge is 0.315 e. The van der Waals surface area contributed by atoms with E-state index in [0.29, 0.717) is 18.6 Å². The minimum absolute atomic E-state index is 0.107. The number of hydrogen-bond donors (Lipinski definition) is 0. The van der Waals surface area contributed by atoms with Crippen LogP contribution in [0.3, 0.4) is 0 Å². The lowest BCUT2D eigenvalue weighted by molar-refractivity contribution is -0.145. The van der Waals surface area contributed by atoms with Gasteiger partial charge in [-0.25, -0.2) is 0 Å². The number of esters is 1. The van der Waals surface area contributed by atoms with Crippen molar-refractivity contribution in [2.45, 2.75) is 19.3 Å². The summed E-state index contributed by atoms with van der Waals surface area (Å²) in [6.07, 6.45) is 2.40. The molecule has 15 heavy (non-hydrogen) atoms. The minimum Gasteiger partial charge on any atom is -0.465 e. The number of nitrogens with zero attached hydrogens (tertiary/aromatic N) is 1. The molecule has 1 heterocycles. The molecule has 0 aromatic carbocycles. The Morgan fingerprint density at radius 2 is 2.40 bits per heavy atom. The van der Waals surface area contributed by atoms with Gasteiger partial charge in [0, 0.05) is 12.6 Å². The predicted molar refractivity (Wildman–Crippen MR) is 54.3 cm³/mol. The van der Waals surface area contributed by atoms with Gasteiger partial charge < -0.3 is 9.53 Å². The van der Waals surface area contributed by atoms with Crippen LogP contribution in [-0.4, -0.2) is 23.8 Å². The van der Waals surface area contributed by atoms with Crippen molar-refractivity contribution in [2.24, 2.45) is 0 Å². The highest BCUT2D eigenvalue weighted by Gasteiger charge is 2.22. The third kappa shape index (κ3) is 3.16. The van der Waals surface area contributed by atoms with Crippen LogP contribution in [0.2, 0.25) is 0 Å². The molecule has 0 aliphatic carbocycles. The van der Waals surface area contributed by atoms with Crippen LogP contribution in [0.4, 0.5) is 0 Å². The lowest BCUT2D eigenvalue weighted by Crippen LogP contribution is -2.17. The van der Waals surface area contributed by atoms with Gasteiger partial charge in [-0.05, 0) is 19.1 Å². The van der Waals surface area contributed by atoms with Crippen LogP contribution in [0.25, 0.3) is 0 Å². The molecule has 0 aliphatic rings. The quantitative estimate of drug-likeness (QED) is 0.539. The van der Waals surface area contributed by atoms with E-state index < -0.39 is 11.9 Å². The summed E-state index contributed by atoms with van der Waals surface area (Å²) in [5.74, 6) is -0.980. The summed E-state index contributed by atoms with van der Waals surface area (Å²) in [7, 11) is 0. The van der Waals surface area contributed by atoms with Gasteiger partial charge in [-0.15, -0.1) is 0 Å². The molecule has 4 heteroatoms. The molecule has 1 atom stereocenters. The van der Waals surface area contributed by atoms with Gasteiger partial charge in [-0.2, -0.15) is 0 Å². The second kappa shape index (κ2) is 5.90. The number of hydrogen-bond acceptors (Lipinski definition) is 4. The third-order valence-electron chi connectivity index (χ3n) is 1.95. The predicted octanol–water partition coefficient (Wildman–Crippen LogP) is 1.32. The Kier molecular flexibility index (Phi) is 4.47. The normalized spacial score (nSPS) is 11.8. The molecule has 4 nitrogen and oxygen atoms in total. The van der Waals surface area contributed by atoms with Crippen molar-refractivity contribution < 1.29 is 14.3 Å². The molecule has 0 aliphatic heterocycles. The molecule has 1 rings (SSSR count). The molecule has 1 unspecified atom stereocenters. The van der Waals surface area contributed by atoms with E-state index in [1.807, 2.05) is 0 Å². The van der Waals surface area contributed by atoms with Gasteiger partial charge in [-0.1, -0.05) is 6.07 Å². The van der Waals surface area contributed by atoms with E-state index >= 15 is 0 Å². The van der Waals surface area contributed by atoms with Gasteiger partial charge in [0.15, 0.2) is 0 Å². The first kappa shape index (κ1) is 11.4. The van der Waals surface area contributed by atoms with Crippen LogP contribution in [0.5, 0.6) is 0 Å². The summed E-state index contributed by atoms with van der Waals surface area (Å²) in [5.41, 5.74) is 0.572. The standard InChI is InChI=1S/C11H13NO3/c1-2-15-11(14)9(6-8-13)10-5-3-4-7-12-10/h3-5,7-9H,2,6H2,1H3. The average molecular weight is 207 g/mol. The number of rotatable bonds is 5. The number of carbonyl (C=O) groups is 2. The number of pyridine rings is 1. The second-order valence-corrected chi connectivity index (χ2v) is 2.96. The Bertz CT molecular complexity index is 324. The molecule has 0 bridgehead atoms. The summed E-state index contributed by atoms with van der Waals surface area (Å²) >= 11 is 0. The summed E-state index contributed by atoms with van der Waals surface area (Å²) in [4.78, 5) is 26.0. The van der Waals surface area contributed by atoms with Crippen molar-refractivity contribution in [3.05, 3.63) is 30.1 Å². The van der Waals surface area contributed by atoms with E-state index in [2.05, 4.69) is 4.98 Å². The van der Waals surface area contributed by atoms with Gasteiger partial charge in [0.05, 0.1) is 12.3 Å². The van der Waals surface area contributed by atoms with Gasteiger partial charge >= 0.3 is 5.97 Å². The minimum atomic E-state index is -0.580. The van der Waals surface area contributed by atoms with Gasteiger partial charge in [0.2, 0.25) is 0 Å². The highest BCUT2D eigenvalue weighted by molar-refractivity contribution is 5.80. The number of aldehydes is 1. The number of ether oxygens (including phenoxy) is 1. The summed E-state index contributed by atoms with van der Waals surface area (Å²) < 4.78 is 4.87. The molecule has 1 aromatic heterocycles. The van der Waals surface area contributed by atoms with E-state index in [0.717, 1.165) is 0 Å². The van der Waals surface area contributed by atoms with Crippen molar-refractivity contribution >= 4 is 12.3 Å². The van der Waals surface area contributed by atoms with Crippen LogP contribution < -0.4 is 0 Å². The molecule has 0 saturated carbocycles. The van der Waals surface area contributed by atoms with Crippen molar-refractivity contribution in [3.8, 4) is 0 Å². The summed E-state index contributed by atoms with van der Waals surface area (Å²) in [6, 6.07) is 5.25. The first-order valence-corrected chi connectivity index (χ1v) is 4.80. The Hall–Kier alpha value is -1.71. The van der Waals surface area contributed by atoms with Crippen molar-refractivity contribution in [3.63, 3.8) is 0 Å². The molecule has 80 valence electrons. The van der Waals surface area contributed by atoms with Gasteiger partial charge in [-0.3, -0.25) is 9.78 Å². The largest absolute Gasteiger partial charge is 0.465 e. The summed E-state index contributed by atoms with van der Waals surface area (Å²) in [6.45, 7) is 2.04. The Morgan fingerprint density at radius 1 is 1.60 bits per heavy atom. The SMILES string of the molecule is CCOC(=O)C(CC=O)c1ccccn1. The zero-order valence-corrected chi connectivity index (χ0v) is 8.55. The maximum Gasteiger partial charge on any atom is 0.315 e. The highest BCUT2D eigenvalue weighted by Crippen LogP contribution is 2.17. The van der Waals surface area contributed by atoms with Crippen LogP contribution in [0.15, 0.2) is 24.4 Å². The third-order valence-corrected chi connectivity index (χ3v) is 1.95. The van der Waals surface area contributed by atoms with Crippen LogP contribution in [0, 0.1) is 0 Å². The van der Waals surface area contributed by atoms with Gasteiger partial charge in [0.1, 0.15) is 12.2 Å². The monoisotopic (exact) mass is 207 g/mol. The Morgan fingerprint density at radius 3 is 2.93 bits per heavy atom. The molecule has 0 radical (unpaired) electrons. The second-order valence-electron chi connectivity index (χ2n) is 2.96. The fourth-order valence-corrected chi connectivity index (χ4v) is 1.26. The lowest BCUT2D eigenvalue weighted by atomic mass is 10.0. The molecular formula is C11H13NO3. The highest BCUT2D eigenvalue weighted by atomic mass is 16.5. The van der Waals surface area contributed by atoms with Gasteiger partial charge in [0.25, 0.3) is 0 Å². The van der Waals surface area contributed by atoms with Crippen molar-refractivity contribution in [2.75, 3.05) is 6.61 Å².